The molecule has 0 radical (unpaired) electrons. The number of benzene rings is 2. The van der Waals surface area contributed by atoms with Crippen LogP contribution in [0.1, 0.15) is 24.2 Å². The number of fused-ring (bicyclic) bond motifs is 3. The highest BCUT2D eigenvalue weighted by Crippen LogP contribution is 2.30. The van der Waals surface area contributed by atoms with Crippen LogP contribution in [0, 0.1) is 5.82 Å². The molecule has 0 bridgehead atoms. The molecule has 4 aromatic rings. The maximum atomic E-state index is 14.1. The molecule has 0 spiro atoms. The molecule has 2 aromatic carbocycles. The molecule has 0 aliphatic heterocycles. The summed E-state index contributed by atoms with van der Waals surface area (Å²) < 4.78 is 19.7. The van der Waals surface area contributed by atoms with Crippen LogP contribution < -0.4 is 5.56 Å². The topological polar surface area (TPSA) is 62.1 Å². The number of aromatic amines is 1. The minimum Gasteiger partial charge on any atom is -0.449 e. The smallest absolute Gasteiger partial charge is 0.294 e. The second-order valence-corrected chi connectivity index (χ2v) is 7.02. The lowest BCUT2D eigenvalue weighted by atomic mass is 10.2. The van der Waals surface area contributed by atoms with Crippen LogP contribution in [0.25, 0.3) is 22.1 Å². The number of furan rings is 1. The Kier molecular flexibility index (Phi) is 3.79. The van der Waals surface area contributed by atoms with E-state index in [0.717, 1.165) is 18.2 Å². The van der Waals surface area contributed by atoms with Gasteiger partial charge in [0.15, 0.2) is 0 Å². The lowest BCUT2D eigenvalue weighted by molar-refractivity contribution is 0.236. The molecule has 1 aliphatic carbocycles. The third kappa shape index (κ3) is 3.02. The van der Waals surface area contributed by atoms with Crippen molar-refractivity contribution < 1.29 is 8.81 Å². The Bertz CT molecular complexity index is 1190. The number of para-hydroxylation sites is 1. The van der Waals surface area contributed by atoms with Gasteiger partial charge in [0.05, 0.1) is 6.54 Å². The normalized spacial score (nSPS) is 14.4. The lowest BCUT2D eigenvalue weighted by Crippen LogP contribution is -2.27. The highest BCUT2D eigenvalue weighted by Gasteiger charge is 2.30. The number of hydrogen-bond donors (Lipinski definition) is 1. The van der Waals surface area contributed by atoms with Gasteiger partial charge in [-0.1, -0.05) is 30.3 Å². The average Bonchev–Trinajstić information content (AvgIpc) is 3.45. The largest absolute Gasteiger partial charge is 0.449 e. The number of halogens is 1. The molecule has 27 heavy (non-hydrogen) atoms. The van der Waals surface area contributed by atoms with Crippen LogP contribution in [0.2, 0.25) is 0 Å². The van der Waals surface area contributed by atoms with E-state index in [9.17, 15) is 9.18 Å². The van der Waals surface area contributed by atoms with Crippen molar-refractivity contribution >= 4 is 22.1 Å². The molecule has 1 fully saturated rings. The predicted octanol–water partition coefficient (Wildman–Crippen LogP) is 3.97. The van der Waals surface area contributed by atoms with E-state index >= 15 is 0 Å². The molecular weight excluding hydrogens is 345 g/mol. The molecule has 5 rings (SSSR count). The van der Waals surface area contributed by atoms with Crippen molar-refractivity contribution in [2.45, 2.75) is 32.0 Å². The number of nitrogens with one attached hydrogen (secondary N) is 1. The van der Waals surface area contributed by atoms with Crippen LogP contribution in [0.15, 0.2) is 57.7 Å². The van der Waals surface area contributed by atoms with Crippen molar-refractivity contribution in [1.29, 1.82) is 0 Å². The van der Waals surface area contributed by atoms with E-state index in [4.69, 9.17) is 4.42 Å². The summed E-state index contributed by atoms with van der Waals surface area (Å²) in [6.07, 6.45) is 2.16. The predicted molar refractivity (Wildman–Crippen MR) is 101 cm³/mol. The zero-order valence-corrected chi connectivity index (χ0v) is 14.6. The van der Waals surface area contributed by atoms with Crippen LogP contribution in [-0.4, -0.2) is 20.9 Å². The molecule has 1 saturated carbocycles. The first kappa shape index (κ1) is 16.2. The SMILES string of the molecule is O=c1[nH]c(CN(Cc2ccccc2F)C2CC2)nc2c1oc1ccccc12. The molecule has 136 valence electrons. The van der Waals surface area contributed by atoms with Crippen molar-refractivity contribution in [2.75, 3.05) is 0 Å². The quantitative estimate of drug-likeness (QED) is 0.583. The van der Waals surface area contributed by atoms with Gasteiger partial charge in [0.1, 0.15) is 22.7 Å². The van der Waals surface area contributed by atoms with Crippen molar-refractivity contribution in [3.8, 4) is 0 Å². The fourth-order valence-electron chi connectivity index (χ4n) is 3.51. The summed E-state index contributed by atoms with van der Waals surface area (Å²) in [4.78, 5) is 22.1. The summed E-state index contributed by atoms with van der Waals surface area (Å²) in [6, 6.07) is 14.7. The van der Waals surface area contributed by atoms with Gasteiger partial charge in [0.2, 0.25) is 5.58 Å². The third-order valence-corrected chi connectivity index (χ3v) is 5.03. The first-order valence-electron chi connectivity index (χ1n) is 9.07. The fraction of sp³-hybridized carbons (Fsp3) is 0.238. The van der Waals surface area contributed by atoms with Gasteiger partial charge in [-0.3, -0.25) is 9.69 Å². The summed E-state index contributed by atoms with van der Waals surface area (Å²) in [7, 11) is 0. The van der Waals surface area contributed by atoms with Crippen molar-refractivity contribution in [1.82, 2.24) is 14.9 Å². The molecule has 2 aromatic heterocycles. The van der Waals surface area contributed by atoms with E-state index in [1.807, 2.05) is 30.3 Å². The number of nitrogens with zero attached hydrogens (tertiary/aromatic N) is 2. The highest BCUT2D eigenvalue weighted by atomic mass is 19.1. The molecular formula is C21H18FN3O2. The molecule has 0 amide bonds. The van der Waals surface area contributed by atoms with Gasteiger partial charge >= 0.3 is 0 Å². The second kappa shape index (κ2) is 6.32. The van der Waals surface area contributed by atoms with Crippen LogP contribution in [0.3, 0.4) is 0 Å². The van der Waals surface area contributed by atoms with Gasteiger partial charge in [0, 0.05) is 23.5 Å². The van der Waals surface area contributed by atoms with Gasteiger partial charge in [-0.2, -0.15) is 0 Å². The summed E-state index contributed by atoms with van der Waals surface area (Å²) in [5, 5.41) is 0.826. The Morgan fingerprint density at radius 1 is 1.11 bits per heavy atom. The number of H-pyrrole nitrogens is 1. The molecule has 0 atom stereocenters. The van der Waals surface area contributed by atoms with E-state index < -0.39 is 0 Å². The van der Waals surface area contributed by atoms with Crippen molar-refractivity contribution in [3.63, 3.8) is 0 Å². The van der Waals surface area contributed by atoms with Crippen molar-refractivity contribution in [3.05, 3.63) is 76.1 Å². The van der Waals surface area contributed by atoms with Crippen LogP contribution in [0.4, 0.5) is 4.39 Å². The van der Waals surface area contributed by atoms with E-state index in [2.05, 4.69) is 14.9 Å². The molecule has 5 nitrogen and oxygen atoms in total. The van der Waals surface area contributed by atoms with Gasteiger partial charge in [0.25, 0.3) is 5.56 Å². The second-order valence-electron chi connectivity index (χ2n) is 7.02. The highest BCUT2D eigenvalue weighted by molar-refractivity contribution is 6.01. The van der Waals surface area contributed by atoms with E-state index in [0.29, 0.717) is 41.6 Å². The van der Waals surface area contributed by atoms with Crippen molar-refractivity contribution in [2.24, 2.45) is 0 Å². The molecule has 0 unspecified atom stereocenters. The minimum atomic E-state index is -0.284. The van der Waals surface area contributed by atoms with Gasteiger partial charge < -0.3 is 9.40 Å². The molecule has 1 aliphatic rings. The minimum absolute atomic E-state index is 0.208. The fourth-order valence-corrected chi connectivity index (χ4v) is 3.51. The molecule has 2 heterocycles. The van der Waals surface area contributed by atoms with Gasteiger partial charge in [-0.15, -0.1) is 0 Å². The van der Waals surface area contributed by atoms with E-state index in [1.165, 1.54) is 6.07 Å². The summed E-state index contributed by atoms with van der Waals surface area (Å²) in [5.74, 6) is 0.364. The Balaban J connectivity index is 1.51. The Labute approximate surface area is 154 Å². The average molecular weight is 363 g/mol. The molecule has 6 heteroatoms. The monoisotopic (exact) mass is 363 g/mol. The molecule has 0 saturated heterocycles. The summed E-state index contributed by atoms with van der Waals surface area (Å²) in [5.41, 5.74) is 1.83. The number of rotatable bonds is 5. The zero-order valence-electron chi connectivity index (χ0n) is 14.6. The first-order chi connectivity index (χ1) is 13.2. The van der Waals surface area contributed by atoms with Gasteiger partial charge in [-0.05, 0) is 31.0 Å². The standard InChI is InChI=1S/C21H18FN3O2/c22-16-7-3-1-5-13(16)11-25(14-9-10-14)12-18-23-19-15-6-2-4-8-17(15)27-20(19)21(26)24-18/h1-8,14H,9-12H2,(H,23,24,26). The Hall–Kier alpha value is -2.99. The van der Waals surface area contributed by atoms with Crippen LogP contribution in [-0.2, 0) is 13.1 Å². The Morgan fingerprint density at radius 2 is 1.89 bits per heavy atom. The van der Waals surface area contributed by atoms with Crippen LogP contribution in [0.5, 0.6) is 0 Å². The third-order valence-electron chi connectivity index (χ3n) is 5.03. The molecule has 1 N–H and O–H groups in total. The number of aromatic nitrogens is 2. The maximum Gasteiger partial charge on any atom is 0.294 e. The summed E-state index contributed by atoms with van der Waals surface area (Å²) in [6.45, 7) is 0.953. The van der Waals surface area contributed by atoms with E-state index in [1.54, 1.807) is 12.1 Å². The van der Waals surface area contributed by atoms with Gasteiger partial charge in [-0.25, -0.2) is 9.37 Å². The van der Waals surface area contributed by atoms with Crippen LogP contribution >= 0.6 is 0 Å². The maximum absolute atomic E-state index is 14.1. The summed E-state index contributed by atoms with van der Waals surface area (Å²) >= 11 is 0. The zero-order chi connectivity index (χ0) is 18.4. The lowest BCUT2D eigenvalue weighted by Gasteiger charge is -2.21. The number of hydrogen-bond acceptors (Lipinski definition) is 4. The first-order valence-corrected chi connectivity index (χ1v) is 9.07. The van der Waals surface area contributed by atoms with E-state index in [-0.39, 0.29) is 17.0 Å². The Morgan fingerprint density at radius 3 is 2.70 bits per heavy atom.